The molecule has 3 rings (SSSR count). The molecular weight excluding hydrogens is 290 g/mol. The lowest BCUT2D eigenvalue weighted by Crippen LogP contribution is -2.47. The topological polar surface area (TPSA) is 62.3 Å². The number of hydrogen-bond donors (Lipinski definition) is 1. The maximum absolute atomic E-state index is 12.4. The molecule has 1 aliphatic heterocycles. The van der Waals surface area contributed by atoms with Crippen molar-refractivity contribution in [3.8, 4) is 0 Å². The van der Waals surface area contributed by atoms with Crippen LogP contribution in [-0.2, 0) is 4.79 Å². The van der Waals surface area contributed by atoms with E-state index in [0.717, 1.165) is 25.7 Å². The van der Waals surface area contributed by atoms with Crippen molar-refractivity contribution in [1.29, 1.82) is 0 Å². The number of halogens is 1. The van der Waals surface area contributed by atoms with Gasteiger partial charge in [-0.05, 0) is 31.7 Å². The fourth-order valence-electron chi connectivity index (χ4n) is 2.61. The molecule has 1 aromatic heterocycles. The number of rotatable bonds is 3. The summed E-state index contributed by atoms with van der Waals surface area (Å²) in [7, 11) is 0. The van der Waals surface area contributed by atoms with Crippen LogP contribution >= 0.6 is 11.6 Å². The highest BCUT2D eigenvalue weighted by atomic mass is 35.5. The largest absolute Gasteiger partial charge is 0.353 e. The summed E-state index contributed by atoms with van der Waals surface area (Å²) in [5, 5.41) is 3.46. The predicted octanol–water partition coefficient (Wildman–Crippen LogP) is 1.87. The van der Waals surface area contributed by atoms with Crippen molar-refractivity contribution in [3.05, 3.63) is 29.0 Å². The maximum atomic E-state index is 12.4. The van der Waals surface area contributed by atoms with E-state index in [-0.39, 0.29) is 23.8 Å². The highest BCUT2D eigenvalue weighted by molar-refractivity contribution is 6.33. The van der Waals surface area contributed by atoms with Gasteiger partial charge in [0.1, 0.15) is 0 Å². The first kappa shape index (κ1) is 14.3. The molecule has 2 amide bonds. The van der Waals surface area contributed by atoms with Gasteiger partial charge in [0, 0.05) is 37.4 Å². The Labute approximate surface area is 128 Å². The Kier molecular flexibility index (Phi) is 4.10. The number of carbonyl (C=O) groups is 2. The van der Waals surface area contributed by atoms with Gasteiger partial charge in [0.2, 0.25) is 5.91 Å². The first-order valence-corrected chi connectivity index (χ1v) is 7.72. The van der Waals surface area contributed by atoms with Gasteiger partial charge in [-0.2, -0.15) is 0 Å². The molecule has 0 aromatic carbocycles. The van der Waals surface area contributed by atoms with Gasteiger partial charge in [-0.1, -0.05) is 11.6 Å². The number of piperidine rings is 1. The van der Waals surface area contributed by atoms with Crippen LogP contribution in [0, 0.1) is 5.92 Å². The van der Waals surface area contributed by atoms with E-state index < -0.39 is 0 Å². The van der Waals surface area contributed by atoms with Gasteiger partial charge in [0.05, 0.1) is 10.6 Å². The van der Waals surface area contributed by atoms with Crippen molar-refractivity contribution >= 4 is 23.4 Å². The lowest BCUT2D eigenvalue weighted by Gasteiger charge is -2.32. The minimum atomic E-state index is -0.0608. The lowest BCUT2D eigenvalue weighted by molar-refractivity contribution is -0.123. The van der Waals surface area contributed by atoms with Crippen molar-refractivity contribution in [2.45, 2.75) is 31.7 Å². The molecule has 1 saturated heterocycles. The van der Waals surface area contributed by atoms with Gasteiger partial charge in [0.25, 0.3) is 5.91 Å². The molecule has 1 aliphatic carbocycles. The maximum Gasteiger partial charge on any atom is 0.255 e. The summed E-state index contributed by atoms with van der Waals surface area (Å²) in [6.45, 7) is 1.29. The zero-order valence-corrected chi connectivity index (χ0v) is 12.5. The van der Waals surface area contributed by atoms with Crippen LogP contribution in [0.3, 0.4) is 0 Å². The highest BCUT2D eigenvalue weighted by Gasteiger charge is 2.32. The van der Waals surface area contributed by atoms with E-state index in [1.807, 2.05) is 0 Å². The van der Waals surface area contributed by atoms with Gasteiger partial charge >= 0.3 is 0 Å². The first-order valence-electron chi connectivity index (χ1n) is 7.34. The lowest BCUT2D eigenvalue weighted by atomic mass is 10.0. The van der Waals surface area contributed by atoms with E-state index in [2.05, 4.69) is 10.3 Å². The third-order valence-corrected chi connectivity index (χ3v) is 4.38. The second-order valence-corrected chi connectivity index (χ2v) is 6.11. The summed E-state index contributed by atoms with van der Waals surface area (Å²) in [4.78, 5) is 29.8. The molecule has 1 N–H and O–H groups in total. The number of nitrogens with one attached hydrogen (secondary N) is 1. The molecule has 2 heterocycles. The number of likely N-dealkylation sites (tertiary alicyclic amines) is 1. The molecule has 112 valence electrons. The fraction of sp³-hybridized carbons (Fsp3) is 0.533. The van der Waals surface area contributed by atoms with Crippen LogP contribution in [0.5, 0.6) is 0 Å². The number of nitrogens with zero attached hydrogens (tertiary/aromatic N) is 2. The zero-order chi connectivity index (χ0) is 14.8. The molecule has 0 spiro atoms. The van der Waals surface area contributed by atoms with E-state index in [1.165, 1.54) is 6.20 Å². The fourth-order valence-corrected chi connectivity index (χ4v) is 2.81. The Morgan fingerprint density at radius 2 is 1.95 bits per heavy atom. The quantitative estimate of drug-likeness (QED) is 0.927. The first-order chi connectivity index (χ1) is 10.1. The smallest absolute Gasteiger partial charge is 0.255 e. The monoisotopic (exact) mass is 307 g/mol. The van der Waals surface area contributed by atoms with Crippen LogP contribution in [0.4, 0.5) is 0 Å². The molecule has 21 heavy (non-hydrogen) atoms. The van der Waals surface area contributed by atoms with Crippen LogP contribution in [0.25, 0.3) is 0 Å². The van der Waals surface area contributed by atoms with E-state index in [9.17, 15) is 9.59 Å². The minimum absolute atomic E-state index is 0.0608. The summed E-state index contributed by atoms with van der Waals surface area (Å²) < 4.78 is 0. The summed E-state index contributed by atoms with van der Waals surface area (Å²) in [6, 6.07) is 1.83. The third kappa shape index (κ3) is 3.35. The number of amides is 2. The molecule has 1 saturated carbocycles. The molecule has 2 aliphatic rings. The van der Waals surface area contributed by atoms with Crippen LogP contribution in [0.2, 0.25) is 5.02 Å². The standard InChI is InChI=1S/C15H18ClN3O2/c16-13-9-17-6-3-12(13)15(21)19-7-4-11(5-8-19)18-14(20)10-1-2-10/h3,6,9-11H,1-2,4-5,7-8H2,(H,18,20). The summed E-state index contributed by atoms with van der Waals surface area (Å²) in [6.07, 6.45) is 6.69. The number of hydrogen-bond acceptors (Lipinski definition) is 3. The molecule has 0 atom stereocenters. The number of aromatic nitrogens is 1. The Bertz CT molecular complexity index is 552. The molecule has 1 aromatic rings. The average Bonchev–Trinajstić information content (AvgIpc) is 3.32. The van der Waals surface area contributed by atoms with Gasteiger partial charge < -0.3 is 10.2 Å². The number of pyridine rings is 1. The van der Waals surface area contributed by atoms with Crippen LogP contribution in [-0.4, -0.2) is 40.8 Å². The predicted molar refractivity (Wildman–Crippen MR) is 79.0 cm³/mol. The van der Waals surface area contributed by atoms with Gasteiger partial charge in [-0.3, -0.25) is 14.6 Å². The SMILES string of the molecule is O=C(NC1CCN(C(=O)c2ccncc2Cl)CC1)C1CC1. The molecule has 2 fully saturated rings. The van der Waals surface area contributed by atoms with Crippen LogP contribution < -0.4 is 5.32 Å². The Morgan fingerprint density at radius 3 is 2.57 bits per heavy atom. The third-order valence-electron chi connectivity index (χ3n) is 4.08. The van der Waals surface area contributed by atoms with Crippen molar-refractivity contribution < 1.29 is 9.59 Å². The Morgan fingerprint density at radius 1 is 1.24 bits per heavy atom. The van der Waals surface area contributed by atoms with Crippen molar-refractivity contribution in [3.63, 3.8) is 0 Å². The van der Waals surface area contributed by atoms with E-state index in [1.54, 1.807) is 17.2 Å². The molecule has 5 nitrogen and oxygen atoms in total. The van der Waals surface area contributed by atoms with E-state index >= 15 is 0 Å². The van der Waals surface area contributed by atoms with Gasteiger partial charge in [-0.25, -0.2) is 0 Å². The van der Waals surface area contributed by atoms with Crippen molar-refractivity contribution in [2.75, 3.05) is 13.1 Å². The molecule has 0 bridgehead atoms. The van der Waals surface area contributed by atoms with Crippen LogP contribution in [0.15, 0.2) is 18.5 Å². The Balaban J connectivity index is 1.54. The molecule has 0 unspecified atom stereocenters. The Hall–Kier alpha value is -1.62. The summed E-state index contributed by atoms with van der Waals surface area (Å²) in [5.41, 5.74) is 0.493. The second kappa shape index (κ2) is 6.02. The van der Waals surface area contributed by atoms with Gasteiger partial charge in [0.15, 0.2) is 0 Å². The normalized spacial score (nSPS) is 19.4. The molecule has 6 heteroatoms. The van der Waals surface area contributed by atoms with Crippen molar-refractivity contribution in [2.24, 2.45) is 5.92 Å². The highest BCUT2D eigenvalue weighted by Crippen LogP contribution is 2.29. The van der Waals surface area contributed by atoms with E-state index in [4.69, 9.17) is 11.6 Å². The molecular formula is C15H18ClN3O2. The second-order valence-electron chi connectivity index (χ2n) is 5.70. The zero-order valence-electron chi connectivity index (χ0n) is 11.7. The van der Waals surface area contributed by atoms with Crippen molar-refractivity contribution in [1.82, 2.24) is 15.2 Å². The summed E-state index contributed by atoms with van der Waals surface area (Å²) in [5.74, 6) is 0.353. The van der Waals surface area contributed by atoms with Crippen LogP contribution in [0.1, 0.15) is 36.0 Å². The minimum Gasteiger partial charge on any atom is -0.353 e. The van der Waals surface area contributed by atoms with E-state index in [0.29, 0.717) is 23.7 Å². The molecule has 0 radical (unpaired) electrons. The average molecular weight is 308 g/mol. The van der Waals surface area contributed by atoms with Gasteiger partial charge in [-0.15, -0.1) is 0 Å². The summed E-state index contributed by atoms with van der Waals surface area (Å²) >= 11 is 6.01. The number of carbonyl (C=O) groups excluding carboxylic acids is 2.